The summed E-state index contributed by atoms with van der Waals surface area (Å²) in [5, 5.41) is 0. The highest BCUT2D eigenvalue weighted by Crippen LogP contribution is 2.38. The van der Waals surface area contributed by atoms with E-state index in [0.717, 1.165) is 0 Å². The third kappa shape index (κ3) is 5.00. The molecule has 0 heterocycles. The molecule has 0 bridgehead atoms. The third-order valence-corrected chi connectivity index (χ3v) is 3.56. The Labute approximate surface area is 159 Å². The van der Waals surface area contributed by atoms with Gasteiger partial charge >= 0.3 is 6.61 Å². The average Bonchev–Trinajstić information content (AvgIpc) is 2.70. The van der Waals surface area contributed by atoms with Crippen LogP contribution >= 0.6 is 0 Å². The first-order valence-corrected chi connectivity index (χ1v) is 7.85. The van der Waals surface area contributed by atoms with E-state index >= 15 is 0 Å². The van der Waals surface area contributed by atoms with Crippen LogP contribution in [0.4, 0.5) is 8.78 Å². The number of carbonyl (C=O) groups excluding carboxylic acids is 2. The van der Waals surface area contributed by atoms with Gasteiger partial charge in [0.05, 0.1) is 21.3 Å². The molecule has 0 spiro atoms. The molecular formula is C18H18F2N2O6. The number of ether oxygens (including phenoxy) is 4. The number of halogens is 2. The third-order valence-electron chi connectivity index (χ3n) is 3.56. The van der Waals surface area contributed by atoms with Crippen molar-refractivity contribution in [3.8, 4) is 23.0 Å². The summed E-state index contributed by atoms with van der Waals surface area (Å²) >= 11 is 0. The minimum Gasteiger partial charge on any atom is -0.493 e. The number of benzene rings is 2. The zero-order valence-corrected chi connectivity index (χ0v) is 15.2. The lowest BCUT2D eigenvalue weighted by Crippen LogP contribution is -2.41. The Morgan fingerprint density at radius 1 is 0.821 bits per heavy atom. The largest absolute Gasteiger partial charge is 0.493 e. The van der Waals surface area contributed by atoms with Gasteiger partial charge in [-0.2, -0.15) is 8.78 Å². The fourth-order valence-corrected chi connectivity index (χ4v) is 2.26. The number of hydrogen-bond donors (Lipinski definition) is 2. The van der Waals surface area contributed by atoms with E-state index < -0.39 is 18.4 Å². The summed E-state index contributed by atoms with van der Waals surface area (Å²) < 4.78 is 44.0. The molecule has 2 amide bonds. The Bertz CT molecular complexity index is 817. The van der Waals surface area contributed by atoms with Gasteiger partial charge in [-0.3, -0.25) is 20.4 Å². The van der Waals surface area contributed by atoms with Crippen molar-refractivity contribution in [2.75, 3.05) is 21.3 Å². The molecule has 0 unspecified atom stereocenters. The lowest BCUT2D eigenvalue weighted by molar-refractivity contribution is -0.0498. The fraction of sp³-hybridized carbons (Fsp3) is 0.222. The monoisotopic (exact) mass is 396 g/mol. The number of hydrazine groups is 1. The van der Waals surface area contributed by atoms with Crippen molar-refractivity contribution in [1.82, 2.24) is 10.9 Å². The Kier molecular flexibility index (Phi) is 6.96. The minimum absolute atomic E-state index is 0.0898. The van der Waals surface area contributed by atoms with Gasteiger partial charge in [-0.1, -0.05) is 0 Å². The van der Waals surface area contributed by atoms with Crippen molar-refractivity contribution in [2.45, 2.75) is 6.61 Å². The molecule has 0 aliphatic heterocycles. The van der Waals surface area contributed by atoms with E-state index in [0.29, 0.717) is 5.75 Å². The lowest BCUT2D eigenvalue weighted by Gasteiger charge is -2.14. The maximum atomic E-state index is 12.3. The molecule has 0 saturated carbocycles. The summed E-state index contributed by atoms with van der Waals surface area (Å²) in [6, 6.07) is 7.81. The summed E-state index contributed by atoms with van der Waals surface area (Å²) in [4.78, 5) is 24.4. The zero-order chi connectivity index (χ0) is 20.7. The second kappa shape index (κ2) is 9.40. The van der Waals surface area contributed by atoms with E-state index in [9.17, 15) is 18.4 Å². The number of methoxy groups -OCH3 is 3. The van der Waals surface area contributed by atoms with Gasteiger partial charge in [0.1, 0.15) is 5.75 Å². The van der Waals surface area contributed by atoms with Crippen LogP contribution in [-0.2, 0) is 0 Å². The van der Waals surface area contributed by atoms with Gasteiger partial charge in [-0.15, -0.1) is 0 Å². The number of rotatable bonds is 7. The quantitative estimate of drug-likeness (QED) is 0.698. The van der Waals surface area contributed by atoms with Crippen molar-refractivity contribution in [3.63, 3.8) is 0 Å². The maximum absolute atomic E-state index is 12.3. The summed E-state index contributed by atoms with van der Waals surface area (Å²) in [7, 11) is 4.24. The van der Waals surface area contributed by atoms with Crippen molar-refractivity contribution in [3.05, 3.63) is 47.5 Å². The summed E-state index contributed by atoms with van der Waals surface area (Å²) in [5.74, 6) is -0.514. The van der Waals surface area contributed by atoms with E-state index in [1.54, 1.807) is 0 Å². The van der Waals surface area contributed by atoms with Crippen LogP contribution in [0.25, 0.3) is 0 Å². The molecule has 0 aromatic heterocycles. The number of alkyl halides is 2. The van der Waals surface area contributed by atoms with Crippen molar-refractivity contribution in [2.24, 2.45) is 0 Å². The van der Waals surface area contributed by atoms with Crippen molar-refractivity contribution in [1.29, 1.82) is 0 Å². The first kappa shape index (κ1) is 20.7. The molecule has 0 radical (unpaired) electrons. The van der Waals surface area contributed by atoms with Crippen LogP contribution in [0.5, 0.6) is 23.0 Å². The lowest BCUT2D eigenvalue weighted by atomic mass is 10.1. The Balaban J connectivity index is 2.06. The number of hydrogen-bond acceptors (Lipinski definition) is 6. The number of carbonyl (C=O) groups is 2. The SMILES string of the molecule is COc1cc(C(=O)NNC(=O)c2ccc(OC(F)F)cc2)cc(OC)c1OC. The van der Waals surface area contributed by atoms with Crippen LogP contribution < -0.4 is 29.8 Å². The molecule has 2 N–H and O–H groups in total. The van der Waals surface area contributed by atoms with Crippen LogP contribution in [0.1, 0.15) is 20.7 Å². The van der Waals surface area contributed by atoms with E-state index in [1.807, 2.05) is 0 Å². The Morgan fingerprint density at radius 3 is 1.75 bits per heavy atom. The second-order valence-corrected chi connectivity index (χ2v) is 5.23. The van der Waals surface area contributed by atoms with Gasteiger partial charge in [0.15, 0.2) is 11.5 Å². The normalized spacial score (nSPS) is 10.2. The first-order valence-electron chi connectivity index (χ1n) is 7.85. The predicted octanol–water partition coefficient (Wildman–Crippen LogP) is 2.39. The molecule has 0 aliphatic rings. The maximum Gasteiger partial charge on any atom is 0.387 e. The molecule has 150 valence electrons. The Morgan fingerprint density at radius 2 is 1.32 bits per heavy atom. The van der Waals surface area contributed by atoms with E-state index in [2.05, 4.69) is 15.6 Å². The summed E-state index contributed by atoms with van der Waals surface area (Å²) in [6.45, 7) is -2.96. The number of amides is 2. The molecule has 2 rings (SSSR count). The highest BCUT2D eigenvalue weighted by atomic mass is 19.3. The van der Waals surface area contributed by atoms with Gasteiger partial charge in [0.2, 0.25) is 5.75 Å². The summed E-state index contributed by atoms with van der Waals surface area (Å²) in [5.41, 5.74) is 4.74. The van der Waals surface area contributed by atoms with Gasteiger partial charge in [-0.05, 0) is 36.4 Å². The fourth-order valence-electron chi connectivity index (χ4n) is 2.26. The van der Waals surface area contributed by atoms with E-state index in [1.165, 1.54) is 57.7 Å². The van der Waals surface area contributed by atoms with Gasteiger partial charge < -0.3 is 18.9 Å². The van der Waals surface area contributed by atoms with Crippen LogP contribution in [0.2, 0.25) is 0 Å². The smallest absolute Gasteiger partial charge is 0.387 e. The number of nitrogens with one attached hydrogen (secondary N) is 2. The molecule has 0 atom stereocenters. The molecule has 2 aromatic carbocycles. The molecule has 0 saturated heterocycles. The molecule has 8 nitrogen and oxygen atoms in total. The molecule has 28 heavy (non-hydrogen) atoms. The van der Waals surface area contributed by atoms with Crippen LogP contribution in [0.15, 0.2) is 36.4 Å². The zero-order valence-electron chi connectivity index (χ0n) is 15.2. The van der Waals surface area contributed by atoms with Crippen molar-refractivity contribution >= 4 is 11.8 Å². The molecule has 0 fully saturated rings. The highest BCUT2D eigenvalue weighted by Gasteiger charge is 2.17. The molecule has 2 aromatic rings. The second-order valence-electron chi connectivity index (χ2n) is 5.23. The predicted molar refractivity (Wildman–Crippen MR) is 94.1 cm³/mol. The molecular weight excluding hydrogens is 378 g/mol. The van der Waals surface area contributed by atoms with Gasteiger partial charge in [-0.25, -0.2) is 0 Å². The van der Waals surface area contributed by atoms with Gasteiger partial charge in [0.25, 0.3) is 11.8 Å². The molecule has 10 heteroatoms. The Hall–Kier alpha value is -3.56. The van der Waals surface area contributed by atoms with Crippen LogP contribution in [0.3, 0.4) is 0 Å². The molecule has 0 aliphatic carbocycles. The van der Waals surface area contributed by atoms with Crippen molar-refractivity contribution < 1.29 is 37.3 Å². The highest BCUT2D eigenvalue weighted by molar-refractivity contribution is 5.99. The van der Waals surface area contributed by atoms with E-state index in [4.69, 9.17) is 14.2 Å². The van der Waals surface area contributed by atoms with Crippen LogP contribution in [0, 0.1) is 0 Å². The summed E-state index contributed by atoms with van der Waals surface area (Å²) in [6.07, 6.45) is 0. The topological polar surface area (TPSA) is 95.1 Å². The first-order chi connectivity index (χ1) is 13.4. The standard InChI is InChI=1S/C18H18F2N2O6/c1-25-13-8-11(9-14(26-2)15(13)27-3)17(24)22-21-16(23)10-4-6-12(7-5-10)28-18(19)20/h4-9,18H,1-3H3,(H,21,23)(H,22,24). The van der Waals surface area contributed by atoms with Crippen LogP contribution in [-0.4, -0.2) is 39.8 Å². The minimum atomic E-state index is -2.96. The van der Waals surface area contributed by atoms with E-state index in [-0.39, 0.29) is 28.4 Å². The van der Waals surface area contributed by atoms with Gasteiger partial charge in [0, 0.05) is 11.1 Å². The average molecular weight is 396 g/mol.